The van der Waals surface area contributed by atoms with Crippen LogP contribution in [0.3, 0.4) is 0 Å². The predicted octanol–water partition coefficient (Wildman–Crippen LogP) is -16.2. The first-order valence-electron chi connectivity index (χ1n) is 44.3. The molecule has 0 aliphatic carbocycles. The lowest BCUT2D eigenvalue weighted by Crippen LogP contribution is -2.71. The van der Waals surface area contributed by atoms with Crippen molar-refractivity contribution < 1.29 is 166 Å². The number of guanidine groups is 1. The summed E-state index contributed by atoms with van der Waals surface area (Å²) in [5, 5.41) is 150. The number of aliphatic hydroxyl groups is 10. The molecule has 0 radical (unpaired) electrons. The minimum Gasteiger partial charge on any atom is -0.481 e. The Morgan fingerprint density at radius 2 is 1.04 bits per heavy atom. The summed E-state index contributed by atoms with van der Waals surface area (Å²) in [6.45, 7) is 3.62. The third kappa shape index (κ3) is 30.4. The second-order valence-corrected chi connectivity index (χ2v) is 34.1. The molecule has 0 saturated carbocycles. The topological polar surface area (TPSA) is 853 Å². The third-order valence-electron chi connectivity index (χ3n) is 23.4. The molecule has 29 atom stereocenters. The number of carbonyl (C=O) groups excluding carboxylic acids is 16. The average molecular weight is 1940 g/mol. The summed E-state index contributed by atoms with van der Waals surface area (Å²) in [4.78, 5) is 250. The van der Waals surface area contributed by atoms with E-state index in [9.17, 15) is 123 Å². The van der Waals surface area contributed by atoms with Gasteiger partial charge < -0.3 is 191 Å². The highest BCUT2D eigenvalue weighted by molar-refractivity contribution is 6.01. The number of nitrogens with two attached hydrogens (primary N) is 3. The Morgan fingerprint density at radius 1 is 0.537 bits per heavy atom. The highest BCUT2D eigenvalue weighted by atomic mass is 16.7. The van der Waals surface area contributed by atoms with Gasteiger partial charge in [0.05, 0.1) is 70.5 Å². The molecule has 7 rings (SSSR count). The van der Waals surface area contributed by atoms with Gasteiger partial charge in [-0.15, -0.1) is 0 Å². The summed E-state index contributed by atoms with van der Waals surface area (Å²) < 4.78 is 36.2. The largest absolute Gasteiger partial charge is 0.481 e. The van der Waals surface area contributed by atoms with Crippen LogP contribution in [0.5, 0.6) is 0 Å². The minimum absolute atomic E-state index is 0.0333. The lowest BCUT2D eigenvalue weighted by molar-refractivity contribution is -0.361. The summed E-state index contributed by atoms with van der Waals surface area (Å²) in [6, 6.07) is -23.5. The monoisotopic (exact) mass is 1940 g/mol. The number of nitrogens with zero attached hydrogens (tertiary/aromatic N) is 5. The smallest absolute Gasteiger partial charge is 0.305 e. The first-order valence-corrected chi connectivity index (χ1v) is 44.3. The zero-order chi connectivity index (χ0) is 101. The number of carbonyl (C=O) groups is 17. The Morgan fingerprint density at radius 3 is 1.59 bits per heavy atom. The van der Waals surface area contributed by atoms with E-state index in [0.717, 1.165) is 44.4 Å². The van der Waals surface area contributed by atoms with Gasteiger partial charge in [0.1, 0.15) is 140 Å². The van der Waals surface area contributed by atoms with E-state index in [0.29, 0.717) is 12.1 Å². The molecular weight excluding hydrogens is 1810 g/mol. The summed E-state index contributed by atoms with van der Waals surface area (Å²) in [5.41, 5.74) is 17.8. The van der Waals surface area contributed by atoms with Crippen LogP contribution in [0.25, 0.3) is 0 Å². The molecule has 7 heterocycles. The van der Waals surface area contributed by atoms with Gasteiger partial charge in [-0.25, -0.2) is 4.98 Å². The standard InChI is InChI=1S/C80H130N22O34/c1-32(2)53(97-51(111)26-87-65(119)40(81)22-39-24-85-31-89-39)71(125)98-54(35(5)107)72(126)96-43(27-103)67(121)90-33(3)74(128)101-20-12-17-46(101)70(124)95-42(23-52(112)113)66(120)99-55(73(127)94-41(14-10-18-86-80(82)83)76(130)102-21-13-16-45(102)69(123)91-34(4)75(129)100-19-11-15-44(100)68(122)88-25-50(110)84-9)36(6)131-78-57(93-38(8)109)64(59(115)48(29-105)132-78)136-77-56(92-37(7)108)60(116)63(49(30-106)134-77)135-79-62(118)61(117)58(114)47(28-104)133-79/h24,31-36,40-49,53-64,77-79,103-107,114-118H,10-23,25-30,81H2,1-9H3,(H,84,110)(H,85,89)(H,87,119)(H,88,122)(H,90,121)(H,91,123)(H,92,108)(H,93,109)(H,94,127)(H,95,124)(H,96,126)(H,97,111)(H,98,125)(H,99,120)(H,112,113)(H4,82,83,86)/t33?,34?,35?,36?,40?,41?,42?,43?,44?,45?,46?,47-,48-,49-,53?,54?,55?,56?,57?,58-,59-,60?,61?,62?,63+,64?,77-,78-,79-/m0/s1. The molecule has 16 amide bonds. The number of carboxylic acid groups (broad SMARTS) is 1. The molecule has 56 nitrogen and oxygen atoms in total. The van der Waals surface area contributed by atoms with Gasteiger partial charge >= 0.3 is 5.97 Å². The van der Waals surface area contributed by atoms with Crippen molar-refractivity contribution in [3.8, 4) is 0 Å². The molecular formula is C80H130N22O34. The number of aliphatic carboxylic acids is 1. The number of rotatable bonds is 47. The first-order chi connectivity index (χ1) is 64.2. The van der Waals surface area contributed by atoms with Crippen molar-refractivity contribution >= 4 is 106 Å². The Bertz CT molecular complexity index is 4330. The second-order valence-electron chi connectivity index (χ2n) is 34.1. The Balaban J connectivity index is 1.16. The Kier molecular flexibility index (Phi) is 43.0. The predicted molar refractivity (Wildman–Crippen MR) is 460 cm³/mol. The molecule has 0 bridgehead atoms. The maximum Gasteiger partial charge on any atom is 0.305 e. The lowest BCUT2D eigenvalue weighted by atomic mass is 9.93. The SMILES string of the molecule is CNC(=O)CNC(=O)C1CCCN1C(=O)C(C)NC(=O)C1CCCN1C(=O)C(CCCN=C(N)N)NC(=O)C(NC(=O)C(CC(=O)O)NC(=O)C1CCCN1C(=O)C(C)NC(=O)C(CO)NC(=O)C(NC(=O)C(NC(=O)CNC(=O)C(N)Cc1cnc[nH]1)C(C)C)C(C)O)C(C)O[C@H]1O[C@@H](CO)[C@H](O)C(O[C@@H]2O[C@@H](CO)[C@@H](O[C@@H]3O[C@@H](CO)[C@H](O)C(O)C3O)C(O)C2NC(C)=O)C1NC(C)=O. The maximum atomic E-state index is 15.7. The molecule has 0 spiro atoms. The molecule has 6 saturated heterocycles. The number of amides is 16. The molecule has 764 valence electrons. The van der Waals surface area contributed by atoms with E-state index in [1.807, 2.05) is 0 Å². The molecule has 1 aromatic rings. The number of nitrogens with one attached hydrogen (secondary N) is 14. The molecule has 6 fully saturated rings. The summed E-state index contributed by atoms with van der Waals surface area (Å²) in [6.07, 6.45) is -27.9. The number of ether oxygens (including phenoxy) is 6. The number of carboxylic acids is 1. The minimum atomic E-state index is -2.33. The van der Waals surface area contributed by atoms with Gasteiger partial charge in [-0.3, -0.25) is 86.5 Å². The highest BCUT2D eigenvalue weighted by Gasteiger charge is 2.56. The highest BCUT2D eigenvalue weighted by Crippen LogP contribution is 2.35. The van der Waals surface area contributed by atoms with Crippen LogP contribution in [-0.2, 0) is 116 Å². The average Bonchev–Trinajstić information content (AvgIpc) is 1.07. The number of likely N-dealkylation sites (tertiary alicyclic amines) is 3. The van der Waals surface area contributed by atoms with Crippen LogP contribution in [0.1, 0.15) is 119 Å². The zero-order valence-electron chi connectivity index (χ0n) is 76.4. The molecule has 136 heavy (non-hydrogen) atoms. The summed E-state index contributed by atoms with van der Waals surface area (Å²) in [5.74, 6) is -18.8. The van der Waals surface area contributed by atoms with Gasteiger partial charge in [0.25, 0.3) is 0 Å². The van der Waals surface area contributed by atoms with E-state index >= 15 is 14.4 Å². The lowest BCUT2D eigenvalue weighted by Gasteiger charge is -2.50. The number of hydrogen-bond donors (Lipinski definition) is 28. The Labute approximate surface area is 778 Å². The number of imidazole rings is 1. The van der Waals surface area contributed by atoms with Crippen molar-refractivity contribution in [1.82, 2.24) is 93.8 Å². The van der Waals surface area contributed by atoms with Gasteiger partial charge in [0, 0.05) is 65.4 Å². The summed E-state index contributed by atoms with van der Waals surface area (Å²) in [7, 11) is 1.36. The molecule has 56 heteroatoms. The zero-order valence-corrected chi connectivity index (χ0v) is 76.4. The van der Waals surface area contributed by atoms with Crippen LogP contribution in [0.4, 0.5) is 0 Å². The van der Waals surface area contributed by atoms with E-state index < -0.39 is 341 Å². The van der Waals surface area contributed by atoms with Crippen LogP contribution in [-0.4, -0.2) is 437 Å². The van der Waals surface area contributed by atoms with Crippen molar-refractivity contribution in [1.29, 1.82) is 0 Å². The number of hydrogen-bond acceptors (Lipinski definition) is 36. The van der Waals surface area contributed by atoms with Crippen molar-refractivity contribution in [2.45, 2.75) is 296 Å². The van der Waals surface area contributed by atoms with Crippen LogP contribution in [0.2, 0.25) is 0 Å². The number of aromatic amines is 1. The van der Waals surface area contributed by atoms with Crippen molar-refractivity contribution in [3.05, 3.63) is 18.2 Å². The fourth-order valence-electron chi connectivity index (χ4n) is 16.2. The maximum absolute atomic E-state index is 15.7. The van der Waals surface area contributed by atoms with E-state index in [2.05, 4.69) is 84.1 Å². The Hall–Kier alpha value is -11.2. The molecule has 1 aromatic heterocycles. The van der Waals surface area contributed by atoms with E-state index in [-0.39, 0.29) is 71.1 Å². The molecule has 31 N–H and O–H groups in total. The molecule has 6 aliphatic heterocycles. The van der Waals surface area contributed by atoms with E-state index in [1.54, 1.807) is 0 Å². The van der Waals surface area contributed by atoms with Gasteiger partial charge in [-0.05, 0) is 85.0 Å². The van der Waals surface area contributed by atoms with Gasteiger partial charge in [0.2, 0.25) is 94.5 Å². The van der Waals surface area contributed by atoms with Crippen molar-refractivity contribution in [2.75, 3.05) is 72.7 Å². The fourth-order valence-corrected chi connectivity index (χ4v) is 16.2. The van der Waals surface area contributed by atoms with E-state index in [1.165, 1.54) is 45.2 Å². The fraction of sp³-hybridized carbons (Fsp3) is 0.738. The van der Waals surface area contributed by atoms with Crippen LogP contribution in [0.15, 0.2) is 17.5 Å². The van der Waals surface area contributed by atoms with Crippen molar-refractivity contribution in [2.24, 2.45) is 28.1 Å². The third-order valence-corrected chi connectivity index (χ3v) is 23.4. The van der Waals surface area contributed by atoms with Gasteiger partial charge in [-0.2, -0.15) is 0 Å². The molecule has 20 unspecified atom stereocenters. The van der Waals surface area contributed by atoms with Gasteiger partial charge in [0.15, 0.2) is 24.8 Å². The van der Waals surface area contributed by atoms with Crippen LogP contribution in [0, 0.1) is 5.92 Å². The molecule has 0 aromatic carbocycles. The van der Waals surface area contributed by atoms with Crippen molar-refractivity contribution in [3.63, 3.8) is 0 Å². The number of aliphatic hydroxyl groups excluding tert-OH is 10. The quantitative estimate of drug-likeness (QED) is 0.0164. The number of aromatic nitrogens is 2. The van der Waals surface area contributed by atoms with E-state index in [4.69, 9.17) is 45.6 Å². The van der Waals surface area contributed by atoms with Gasteiger partial charge in [-0.1, -0.05) is 13.8 Å². The number of aliphatic imine (C=N–C) groups is 1. The summed E-state index contributed by atoms with van der Waals surface area (Å²) >= 11 is 0. The normalized spacial score (nSPS) is 27.3. The number of H-pyrrole nitrogens is 1. The number of likely N-dealkylation sites (N-methyl/N-ethyl adjacent to an activating group) is 1. The second kappa shape index (κ2) is 52.4. The van der Waals surface area contributed by atoms with Crippen LogP contribution < -0.4 is 86.3 Å². The van der Waals surface area contributed by atoms with Crippen LogP contribution >= 0.6 is 0 Å². The first kappa shape index (κ1) is 112. The molecule has 6 aliphatic rings.